The van der Waals surface area contributed by atoms with Gasteiger partial charge in [0, 0.05) is 18.7 Å². The Morgan fingerprint density at radius 3 is 2.45 bits per heavy atom. The second-order valence-electron chi connectivity index (χ2n) is 6.11. The van der Waals surface area contributed by atoms with Crippen molar-refractivity contribution in [2.24, 2.45) is 11.8 Å². The maximum Gasteiger partial charge on any atom is 0.159 e. The fourth-order valence-corrected chi connectivity index (χ4v) is 3.71. The molecule has 0 bridgehead atoms. The van der Waals surface area contributed by atoms with Crippen LogP contribution in [0.4, 0.5) is 5.69 Å². The van der Waals surface area contributed by atoms with Gasteiger partial charge in [0.15, 0.2) is 5.78 Å². The van der Waals surface area contributed by atoms with Crippen LogP contribution in [-0.4, -0.2) is 18.9 Å². The number of anilines is 1. The normalized spacial score (nSPS) is 25.1. The monoisotopic (exact) mass is 268 g/mol. The Labute approximate surface area is 120 Å². The summed E-state index contributed by atoms with van der Waals surface area (Å²) in [5.41, 5.74) is 2.34. The number of carbonyl (C=O) groups is 1. The molecule has 0 amide bonds. The molecule has 104 valence electrons. The van der Waals surface area contributed by atoms with Crippen molar-refractivity contribution in [2.75, 3.05) is 18.0 Å². The highest BCUT2D eigenvalue weighted by Crippen LogP contribution is 2.39. The van der Waals surface area contributed by atoms with Crippen molar-refractivity contribution in [3.63, 3.8) is 0 Å². The number of ketones is 1. The lowest BCUT2D eigenvalue weighted by atomic mass is 9.82. The van der Waals surface area contributed by atoms with Crippen molar-refractivity contribution in [3.05, 3.63) is 29.3 Å². The molecule has 0 radical (unpaired) electrons. The van der Waals surface area contributed by atoms with Crippen LogP contribution in [0.1, 0.15) is 48.5 Å². The molecular formula is C17H20N2O. The largest absolute Gasteiger partial charge is 0.370 e. The first-order chi connectivity index (χ1) is 9.69. The van der Waals surface area contributed by atoms with Crippen LogP contribution in [0.25, 0.3) is 0 Å². The third-order valence-electron chi connectivity index (χ3n) is 4.84. The number of benzene rings is 1. The number of rotatable bonds is 2. The molecule has 1 aromatic carbocycles. The summed E-state index contributed by atoms with van der Waals surface area (Å²) in [4.78, 5) is 13.9. The average molecular weight is 268 g/mol. The van der Waals surface area contributed by atoms with Gasteiger partial charge < -0.3 is 4.90 Å². The molecule has 2 atom stereocenters. The van der Waals surface area contributed by atoms with Gasteiger partial charge in [0.1, 0.15) is 6.07 Å². The van der Waals surface area contributed by atoms with Crippen LogP contribution in [0, 0.1) is 23.2 Å². The number of hydrogen-bond donors (Lipinski definition) is 0. The van der Waals surface area contributed by atoms with E-state index >= 15 is 0 Å². The molecule has 3 nitrogen and oxygen atoms in total. The van der Waals surface area contributed by atoms with Crippen molar-refractivity contribution in [2.45, 2.75) is 32.6 Å². The summed E-state index contributed by atoms with van der Waals surface area (Å²) in [6, 6.07) is 7.71. The number of fused-ring (bicyclic) bond motifs is 1. The first-order valence-corrected chi connectivity index (χ1v) is 7.49. The fraction of sp³-hybridized carbons (Fsp3) is 0.529. The van der Waals surface area contributed by atoms with Gasteiger partial charge in [0.25, 0.3) is 0 Å². The summed E-state index contributed by atoms with van der Waals surface area (Å²) in [5, 5.41) is 9.31. The Kier molecular flexibility index (Phi) is 3.48. The van der Waals surface area contributed by atoms with E-state index in [0.717, 1.165) is 30.6 Å². The number of carbonyl (C=O) groups excluding carboxylic acids is 1. The lowest BCUT2D eigenvalue weighted by Crippen LogP contribution is -2.21. The second-order valence-corrected chi connectivity index (χ2v) is 6.11. The van der Waals surface area contributed by atoms with Crippen molar-refractivity contribution < 1.29 is 4.79 Å². The highest BCUT2D eigenvalue weighted by atomic mass is 16.1. The fourth-order valence-electron chi connectivity index (χ4n) is 3.71. The molecule has 20 heavy (non-hydrogen) atoms. The first kappa shape index (κ1) is 13.2. The zero-order chi connectivity index (χ0) is 14.1. The van der Waals surface area contributed by atoms with Crippen LogP contribution in [-0.2, 0) is 0 Å². The van der Waals surface area contributed by atoms with Gasteiger partial charge in [-0.2, -0.15) is 5.26 Å². The molecule has 1 aliphatic heterocycles. The topological polar surface area (TPSA) is 44.1 Å². The number of Topliss-reactive ketones (excluding diaryl/α,β-unsaturated/α-hetero) is 1. The van der Waals surface area contributed by atoms with Crippen molar-refractivity contribution >= 4 is 11.5 Å². The molecule has 0 aromatic heterocycles. The summed E-state index contributed by atoms with van der Waals surface area (Å²) in [5.74, 6) is 1.61. The Hall–Kier alpha value is -1.82. The van der Waals surface area contributed by atoms with Gasteiger partial charge in [-0.1, -0.05) is 12.8 Å². The highest BCUT2D eigenvalue weighted by molar-refractivity contribution is 5.95. The molecule has 1 saturated heterocycles. The zero-order valence-electron chi connectivity index (χ0n) is 11.9. The number of nitrogens with zero attached hydrogens (tertiary/aromatic N) is 2. The molecule has 1 aliphatic carbocycles. The quantitative estimate of drug-likeness (QED) is 0.772. The van der Waals surface area contributed by atoms with Gasteiger partial charge in [0.05, 0.1) is 11.3 Å². The summed E-state index contributed by atoms with van der Waals surface area (Å²) < 4.78 is 0. The van der Waals surface area contributed by atoms with Gasteiger partial charge in [-0.3, -0.25) is 4.79 Å². The SMILES string of the molecule is CC(=O)c1ccc(C#N)c(N2CC3CCCCC3C2)c1. The van der Waals surface area contributed by atoms with E-state index in [9.17, 15) is 10.1 Å². The maximum absolute atomic E-state index is 11.6. The summed E-state index contributed by atoms with van der Waals surface area (Å²) >= 11 is 0. The smallest absolute Gasteiger partial charge is 0.159 e. The van der Waals surface area contributed by atoms with Gasteiger partial charge >= 0.3 is 0 Å². The van der Waals surface area contributed by atoms with Crippen LogP contribution < -0.4 is 4.90 Å². The van der Waals surface area contributed by atoms with Crippen LogP contribution in [0.5, 0.6) is 0 Å². The van der Waals surface area contributed by atoms with E-state index in [1.807, 2.05) is 6.07 Å². The maximum atomic E-state index is 11.6. The van der Waals surface area contributed by atoms with E-state index in [2.05, 4.69) is 11.0 Å². The van der Waals surface area contributed by atoms with E-state index in [4.69, 9.17) is 0 Å². The first-order valence-electron chi connectivity index (χ1n) is 7.49. The molecular weight excluding hydrogens is 248 g/mol. The molecule has 1 saturated carbocycles. The lowest BCUT2D eigenvalue weighted by Gasteiger charge is -2.22. The van der Waals surface area contributed by atoms with E-state index in [1.54, 1.807) is 19.1 Å². The minimum atomic E-state index is 0.0624. The third-order valence-corrected chi connectivity index (χ3v) is 4.84. The molecule has 3 rings (SSSR count). The molecule has 3 heteroatoms. The van der Waals surface area contributed by atoms with Gasteiger partial charge in [0.2, 0.25) is 0 Å². The Balaban J connectivity index is 1.91. The van der Waals surface area contributed by atoms with Gasteiger partial charge in [-0.05, 0) is 49.8 Å². The van der Waals surface area contributed by atoms with Crippen LogP contribution >= 0.6 is 0 Å². The van der Waals surface area contributed by atoms with Crippen LogP contribution in [0.2, 0.25) is 0 Å². The summed E-state index contributed by atoms with van der Waals surface area (Å²) in [6.07, 6.45) is 5.31. The number of nitriles is 1. The number of hydrogen-bond acceptors (Lipinski definition) is 3. The predicted octanol–water partition coefficient (Wildman–Crippen LogP) is 3.39. The van der Waals surface area contributed by atoms with Crippen molar-refractivity contribution in [1.29, 1.82) is 5.26 Å². The van der Waals surface area contributed by atoms with E-state index in [-0.39, 0.29) is 5.78 Å². The Morgan fingerprint density at radius 2 is 1.90 bits per heavy atom. The lowest BCUT2D eigenvalue weighted by molar-refractivity contribution is 0.101. The standard InChI is InChI=1S/C17H20N2O/c1-12(20)13-6-7-14(9-18)17(8-13)19-10-15-4-2-3-5-16(15)11-19/h6-8,15-16H,2-5,10-11H2,1H3. The molecule has 1 aromatic rings. The Bertz CT molecular complexity index is 559. The summed E-state index contributed by atoms with van der Waals surface area (Å²) in [6.45, 7) is 3.66. The molecule has 0 N–H and O–H groups in total. The van der Waals surface area contributed by atoms with Gasteiger partial charge in [-0.15, -0.1) is 0 Å². The molecule has 2 fully saturated rings. The zero-order valence-corrected chi connectivity index (χ0v) is 11.9. The van der Waals surface area contributed by atoms with E-state index < -0.39 is 0 Å². The van der Waals surface area contributed by atoms with E-state index in [1.165, 1.54) is 25.7 Å². The molecule has 0 spiro atoms. The average Bonchev–Trinajstić information content (AvgIpc) is 2.90. The minimum Gasteiger partial charge on any atom is -0.370 e. The minimum absolute atomic E-state index is 0.0624. The highest BCUT2D eigenvalue weighted by Gasteiger charge is 2.35. The molecule has 2 aliphatic rings. The summed E-state index contributed by atoms with van der Waals surface area (Å²) in [7, 11) is 0. The predicted molar refractivity (Wildman–Crippen MR) is 78.8 cm³/mol. The van der Waals surface area contributed by atoms with Crippen LogP contribution in [0.3, 0.4) is 0 Å². The second kappa shape index (κ2) is 5.28. The van der Waals surface area contributed by atoms with Crippen LogP contribution in [0.15, 0.2) is 18.2 Å². The van der Waals surface area contributed by atoms with Crippen molar-refractivity contribution in [1.82, 2.24) is 0 Å². The van der Waals surface area contributed by atoms with Crippen molar-refractivity contribution in [3.8, 4) is 6.07 Å². The molecule has 1 heterocycles. The Morgan fingerprint density at radius 1 is 1.25 bits per heavy atom. The molecule has 2 unspecified atom stereocenters. The third kappa shape index (κ3) is 2.31. The van der Waals surface area contributed by atoms with Gasteiger partial charge in [-0.25, -0.2) is 0 Å². The van der Waals surface area contributed by atoms with E-state index in [0.29, 0.717) is 11.1 Å².